The number of ether oxygens (including phenoxy) is 1. The van der Waals surface area contributed by atoms with Crippen molar-refractivity contribution in [3.8, 4) is 0 Å². The summed E-state index contributed by atoms with van der Waals surface area (Å²) in [7, 11) is 0. The van der Waals surface area contributed by atoms with Gasteiger partial charge in [-0.1, -0.05) is 6.07 Å². The van der Waals surface area contributed by atoms with Gasteiger partial charge >= 0.3 is 0 Å². The van der Waals surface area contributed by atoms with Crippen molar-refractivity contribution < 1.29 is 4.74 Å². The molecule has 21 heavy (non-hydrogen) atoms. The van der Waals surface area contributed by atoms with Crippen LogP contribution >= 0.6 is 0 Å². The molecule has 5 nitrogen and oxygen atoms in total. The molecule has 0 spiro atoms. The highest BCUT2D eigenvalue weighted by Crippen LogP contribution is 2.17. The van der Waals surface area contributed by atoms with Crippen LogP contribution < -0.4 is 0 Å². The summed E-state index contributed by atoms with van der Waals surface area (Å²) in [4.78, 5) is 14.2. The van der Waals surface area contributed by atoms with E-state index in [9.17, 15) is 0 Å². The highest BCUT2D eigenvalue weighted by atomic mass is 16.5. The number of H-pyrrole nitrogens is 1. The van der Waals surface area contributed by atoms with Gasteiger partial charge in [0.25, 0.3) is 0 Å². The fourth-order valence-corrected chi connectivity index (χ4v) is 2.74. The summed E-state index contributed by atoms with van der Waals surface area (Å²) in [5.74, 6) is 0. The van der Waals surface area contributed by atoms with Gasteiger partial charge in [-0.15, -0.1) is 0 Å². The van der Waals surface area contributed by atoms with Crippen molar-refractivity contribution in [3.05, 3.63) is 47.8 Å². The molecule has 112 valence electrons. The standard InChI is InChI=1S/C16H22N4O/c1-13-16(19-12-18-13)10-20-8-4-6-15(9-20)21-11-14-5-2-3-7-17-14/h2-3,5,7,12,15H,4,6,8-11H2,1H3,(H,18,19). The normalized spacial score (nSPS) is 19.8. The molecular weight excluding hydrogens is 264 g/mol. The fraction of sp³-hybridized carbons (Fsp3) is 0.500. The van der Waals surface area contributed by atoms with E-state index in [4.69, 9.17) is 4.74 Å². The smallest absolute Gasteiger partial charge is 0.0925 e. The SMILES string of the molecule is Cc1[nH]cnc1CN1CCCC(OCc2ccccn2)C1. The maximum atomic E-state index is 6.02. The zero-order valence-corrected chi connectivity index (χ0v) is 12.5. The van der Waals surface area contributed by atoms with E-state index in [2.05, 4.69) is 26.8 Å². The van der Waals surface area contributed by atoms with Crippen LogP contribution in [0.2, 0.25) is 0 Å². The molecule has 1 unspecified atom stereocenters. The minimum atomic E-state index is 0.292. The molecule has 0 bridgehead atoms. The van der Waals surface area contributed by atoms with Crippen molar-refractivity contribution in [2.24, 2.45) is 0 Å². The van der Waals surface area contributed by atoms with Gasteiger partial charge < -0.3 is 9.72 Å². The first-order chi connectivity index (χ1) is 10.3. The average molecular weight is 286 g/mol. The zero-order valence-electron chi connectivity index (χ0n) is 12.5. The van der Waals surface area contributed by atoms with Crippen molar-refractivity contribution in [3.63, 3.8) is 0 Å². The number of pyridine rings is 1. The number of aromatic amines is 1. The van der Waals surface area contributed by atoms with E-state index in [1.807, 2.05) is 24.4 Å². The molecule has 1 N–H and O–H groups in total. The molecule has 3 heterocycles. The van der Waals surface area contributed by atoms with Gasteiger partial charge in [0.15, 0.2) is 0 Å². The summed E-state index contributed by atoms with van der Waals surface area (Å²) < 4.78 is 6.02. The third-order valence-corrected chi connectivity index (χ3v) is 3.96. The second-order valence-corrected chi connectivity index (χ2v) is 5.61. The molecule has 5 heteroatoms. The Hall–Kier alpha value is -1.72. The van der Waals surface area contributed by atoms with Gasteiger partial charge in [0.05, 0.1) is 30.4 Å². The zero-order chi connectivity index (χ0) is 14.5. The number of hydrogen-bond donors (Lipinski definition) is 1. The van der Waals surface area contributed by atoms with Gasteiger partial charge in [0.2, 0.25) is 0 Å². The maximum Gasteiger partial charge on any atom is 0.0925 e. The van der Waals surface area contributed by atoms with E-state index >= 15 is 0 Å². The monoisotopic (exact) mass is 286 g/mol. The Kier molecular flexibility index (Phi) is 4.62. The lowest BCUT2D eigenvalue weighted by molar-refractivity contribution is -0.0135. The molecule has 0 aromatic carbocycles. The van der Waals surface area contributed by atoms with Crippen LogP contribution in [0, 0.1) is 6.92 Å². The van der Waals surface area contributed by atoms with E-state index in [0.29, 0.717) is 12.7 Å². The van der Waals surface area contributed by atoms with Gasteiger partial charge in [-0.3, -0.25) is 9.88 Å². The Labute approximate surface area is 125 Å². The van der Waals surface area contributed by atoms with Crippen molar-refractivity contribution >= 4 is 0 Å². The number of likely N-dealkylation sites (tertiary alicyclic amines) is 1. The molecule has 1 fully saturated rings. The number of imidazole rings is 1. The Morgan fingerprint density at radius 1 is 1.38 bits per heavy atom. The second-order valence-electron chi connectivity index (χ2n) is 5.61. The van der Waals surface area contributed by atoms with Gasteiger partial charge in [-0.2, -0.15) is 0 Å². The summed E-state index contributed by atoms with van der Waals surface area (Å²) in [6.07, 6.45) is 6.18. The number of aromatic nitrogens is 3. The predicted octanol–water partition coefficient (Wildman–Crippen LogP) is 2.29. The van der Waals surface area contributed by atoms with Crippen LogP contribution in [-0.2, 0) is 17.9 Å². The van der Waals surface area contributed by atoms with Crippen LogP contribution in [0.3, 0.4) is 0 Å². The first-order valence-corrected chi connectivity index (χ1v) is 7.54. The van der Waals surface area contributed by atoms with Crippen molar-refractivity contribution in [1.82, 2.24) is 19.9 Å². The molecule has 1 aliphatic heterocycles. The number of hydrogen-bond acceptors (Lipinski definition) is 4. The minimum absolute atomic E-state index is 0.292. The summed E-state index contributed by atoms with van der Waals surface area (Å²) in [6.45, 7) is 5.66. The fourth-order valence-electron chi connectivity index (χ4n) is 2.74. The van der Waals surface area contributed by atoms with Crippen molar-refractivity contribution in [2.45, 2.75) is 39.0 Å². The van der Waals surface area contributed by atoms with Gasteiger partial charge in [0.1, 0.15) is 0 Å². The molecule has 0 saturated carbocycles. The minimum Gasteiger partial charge on any atom is -0.371 e. The van der Waals surface area contributed by atoms with Crippen LogP contribution in [-0.4, -0.2) is 39.0 Å². The van der Waals surface area contributed by atoms with E-state index in [-0.39, 0.29) is 0 Å². The summed E-state index contributed by atoms with van der Waals surface area (Å²) in [6, 6.07) is 5.94. The number of piperidine rings is 1. The molecule has 3 rings (SSSR count). The summed E-state index contributed by atoms with van der Waals surface area (Å²) in [5.41, 5.74) is 3.30. The maximum absolute atomic E-state index is 6.02. The lowest BCUT2D eigenvalue weighted by atomic mass is 10.1. The molecular formula is C16H22N4O. The number of nitrogens with zero attached hydrogens (tertiary/aromatic N) is 3. The Bertz CT molecular complexity index is 554. The van der Waals surface area contributed by atoms with E-state index in [0.717, 1.165) is 43.1 Å². The highest BCUT2D eigenvalue weighted by molar-refractivity contribution is 5.08. The number of nitrogens with one attached hydrogen (secondary N) is 1. The third-order valence-electron chi connectivity index (χ3n) is 3.96. The van der Waals surface area contributed by atoms with Gasteiger partial charge in [-0.05, 0) is 38.4 Å². The van der Waals surface area contributed by atoms with Crippen LogP contribution in [0.15, 0.2) is 30.7 Å². The molecule has 2 aromatic rings. The van der Waals surface area contributed by atoms with E-state index in [1.165, 1.54) is 6.42 Å². The molecule has 1 atom stereocenters. The Morgan fingerprint density at radius 2 is 2.33 bits per heavy atom. The summed E-state index contributed by atoms with van der Waals surface area (Å²) in [5, 5.41) is 0. The molecule has 0 aliphatic carbocycles. The van der Waals surface area contributed by atoms with Crippen LogP contribution in [0.25, 0.3) is 0 Å². The molecule has 1 saturated heterocycles. The second kappa shape index (κ2) is 6.83. The van der Waals surface area contributed by atoms with E-state index < -0.39 is 0 Å². The Morgan fingerprint density at radius 3 is 3.10 bits per heavy atom. The van der Waals surface area contributed by atoms with Crippen LogP contribution in [0.5, 0.6) is 0 Å². The number of aryl methyl sites for hydroxylation is 1. The van der Waals surface area contributed by atoms with Gasteiger partial charge in [-0.25, -0.2) is 4.98 Å². The lowest BCUT2D eigenvalue weighted by Gasteiger charge is -2.32. The largest absolute Gasteiger partial charge is 0.371 e. The van der Waals surface area contributed by atoms with Crippen molar-refractivity contribution in [1.29, 1.82) is 0 Å². The molecule has 1 aliphatic rings. The van der Waals surface area contributed by atoms with Crippen LogP contribution in [0.4, 0.5) is 0 Å². The molecule has 2 aromatic heterocycles. The van der Waals surface area contributed by atoms with E-state index in [1.54, 1.807) is 6.33 Å². The van der Waals surface area contributed by atoms with Crippen molar-refractivity contribution in [2.75, 3.05) is 13.1 Å². The lowest BCUT2D eigenvalue weighted by Crippen LogP contribution is -2.39. The molecule has 0 radical (unpaired) electrons. The first-order valence-electron chi connectivity index (χ1n) is 7.54. The highest BCUT2D eigenvalue weighted by Gasteiger charge is 2.21. The summed E-state index contributed by atoms with van der Waals surface area (Å²) >= 11 is 0. The predicted molar refractivity (Wildman–Crippen MR) is 80.6 cm³/mol. The average Bonchev–Trinajstić information content (AvgIpc) is 2.92. The molecule has 0 amide bonds. The topological polar surface area (TPSA) is 54.0 Å². The number of rotatable bonds is 5. The first kappa shape index (κ1) is 14.2. The Balaban J connectivity index is 1.50. The van der Waals surface area contributed by atoms with Gasteiger partial charge in [0, 0.05) is 25.0 Å². The van der Waals surface area contributed by atoms with Crippen LogP contribution in [0.1, 0.15) is 29.9 Å². The third kappa shape index (κ3) is 3.89. The quantitative estimate of drug-likeness (QED) is 0.916.